The average molecular weight is 292 g/mol. The largest absolute Gasteiger partial charge is 0.370 e. The summed E-state index contributed by atoms with van der Waals surface area (Å²) in [5.41, 5.74) is 12.6. The van der Waals surface area contributed by atoms with Crippen molar-refractivity contribution in [3.8, 4) is 0 Å². The van der Waals surface area contributed by atoms with Gasteiger partial charge in [0.1, 0.15) is 13.0 Å². The number of amides is 3. The molecule has 21 heavy (non-hydrogen) atoms. The van der Waals surface area contributed by atoms with Crippen molar-refractivity contribution in [3.63, 3.8) is 0 Å². The van der Waals surface area contributed by atoms with E-state index in [4.69, 9.17) is 16.2 Å². The van der Waals surface area contributed by atoms with E-state index in [-0.39, 0.29) is 31.4 Å². The Morgan fingerprint density at radius 1 is 1.24 bits per heavy atom. The van der Waals surface area contributed by atoms with Crippen LogP contribution in [-0.2, 0) is 19.1 Å². The maximum absolute atomic E-state index is 11.5. The van der Waals surface area contributed by atoms with Gasteiger partial charge in [0, 0.05) is 0 Å². The highest BCUT2D eigenvalue weighted by molar-refractivity contribution is 6.13. The van der Waals surface area contributed by atoms with Crippen molar-refractivity contribution in [2.45, 2.75) is 12.5 Å². The molecule has 8 heteroatoms. The summed E-state index contributed by atoms with van der Waals surface area (Å²) >= 11 is 0. The number of carbonyl (C=O) groups excluding carboxylic acids is 3. The summed E-state index contributed by atoms with van der Waals surface area (Å²) in [6.07, 6.45) is -0.224. The van der Waals surface area contributed by atoms with Crippen LogP contribution in [0.15, 0.2) is 18.2 Å². The van der Waals surface area contributed by atoms with Gasteiger partial charge < -0.3 is 26.8 Å². The van der Waals surface area contributed by atoms with E-state index >= 15 is 0 Å². The number of ether oxygens (including phenoxy) is 1. The fourth-order valence-corrected chi connectivity index (χ4v) is 1.92. The molecule has 1 heterocycles. The van der Waals surface area contributed by atoms with Crippen LogP contribution in [0.25, 0.3) is 0 Å². The van der Waals surface area contributed by atoms with Crippen LogP contribution in [0.3, 0.4) is 0 Å². The number of benzene rings is 1. The van der Waals surface area contributed by atoms with E-state index in [1.54, 1.807) is 18.2 Å². The van der Waals surface area contributed by atoms with Crippen LogP contribution in [0.5, 0.6) is 0 Å². The van der Waals surface area contributed by atoms with Gasteiger partial charge in [-0.25, -0.2) is 0 Å². The summed E-state index contributed by atoms with van der Waals surface area (Å²) in [4.78, 5) is 33.5. The molecule has 0 aliphatic carbocycles. The van der Waals surface area contributed by atoms with Crippen molar-refractivity contribution >= 4 is 29.1 Å². The second kappa shape index (κ2) is 6.33. The maximum Gasteiger partial charge on any atom is 0.243 e. The van der Waals surface area contributed by atoms with Gasteiger partial charge >= 0.3 is 0 Å². The van der Waals surface area contributed by atoms with Crippen LogP contribution in [0.2, 0.25) is 0 Å². The minimum absolute atomic E-state index is 0.113. The standard InChI is InChI=1S/C13H16N4O4/c14-8(5-21-6-11(15)18)7-1-2-9-10(3-7)17-13(20)4-12(19)16-9/h1-3,8H,4-6,14H2,(H2,15,18)(H,16,19)(H,17,20). The molecule has 0 radical (unpaired) electrons. The molecule has 1 atom stereocenters. The third-order valence-corrected chi connectivity index (χ3v) is 2.88. The molecule has 0 spiro atoms. The normalized spacial score (nSPS) is 15.5. The Bertz CT molecular complexity index is 588. The molecular weight excluding hydrogens is 276 g/mol. The second-order valence-electron chi connectivity index (χ2n) is 4.67. The predicted octanol–water partition coefficient (Wildman–Crippen LogP) is -0.531. The Morgan fingerprint density at radius 2 is 1.90 bits per heavy atom. The highest BCUT2D eigenvalue weighted by Gasteiger charge is 2.19. The monoisotopic (exact) mass is 292 g/mol. The molecule has 1 aliphatic heterocycles. The van der Waals surface area contributed by atoms with Gasteiger partial charge in [-0.15, -0.1) is 0 Å². The quantitative estimate of drug-likeness (QED) is 0.541. The lowest BCUT2D eigenvalue weighted by Crippen LogP contribution is -2.23. The molecule has 0 aromatic heterocycles. The number of hydrogen-bond donors (Lipinski definition) is 4. The zero-order chi connectivity index (χ0) is 15.4. The van der Waals surface area contributed by atoms with Gasteiger partial charge in [-0.1, -0.05) is 6.07 Å². The molecule has 0 saturated heterocycles. The SMILES string of the molecule is NC(=O)COCC(N)c1ccc2c(c1)NC(=O)CC(=O)N2. The molecule has 0 fully saturated rings. The van der Waals surface area contributed by atoms with E-state index < -0.39 is 11.9 Å². The highest BCUT2D eigenvalue weighted by Crippen LogP contribution is 2.27. The van der Waals surface area contributed by atoms with Crippen LogP contribution >= 0.6 is 0 Å². The first-order valence-corrected chi connectivity index (χ1v) is 6.31. The van der Waals surface area contributed by atoms with Crippen LogP contribution in [-0.4, -0.2) is 30.9 Å². The third-order valence-electron chi connectivity index (χ3n) is 2.88. The van der Waals surface area contributed by atoms with Gasteiger partial charge in [0.25, 0.3) is 0 Å². The second-order valence-corrected chi connectivity index (χ2v) is 4.67. The van der Waals surface area contributed by atoms with E-state index in [1.807, 2.05) is 0 Å². The van der Waals surface area contributed by atoms with Crippen molar-refractivity contribution in [1.82, 2.24) is 0 Å². The molecule has 112 valence electrons. The minimum Gasteiger partial charge on any atom is -0.370 e. The van der Waals surface area contributed by atoms with Crippen LogP contribution in [0.4, 0.5) is 11.4 Å². The lowest BCUT2D eigenvalue weighted by atomic mass is 10.1. The molecular formula is C13H16N4O4. The van der Waals surface area contributed by atoms with Crippen LogP contribution in [0, 0.1) is 0 Å². The zero-order valence-corrected chi connectivity index (χ0v) is 11.2. The highest BCUT2D eigenvalue weighted by atomic mass is 16.5. The van der Waals surface area contributed by atoms with Crippen LogP contribution < -0.4 is 22.1 Å². The van der Waals surface area contributed by atoms with Gasteiger partial charge in [0.15, 0.2) is 0 Å². The van der Waals surface area contributed by atoms with Crippen molar-refractivity contribution in [1.29, 1.82) is 0 Å². The van der Waals surface area contributed by atoms with E-state index in [9.17, 15) is 14.4 Å². The molecule has 3 amide bonds. The number of nitrogens with two attached hydrogens (primary N) is 2. The number of carbonyl (C=O) groups is 3. The van der Waals surface area contributed by atoms with Crippen LogP contribution in [0.1, 0.15) is 18.0 Å². The molecule has 1 aromatic rings. The summed E-state index contributed by atoms with van der Waals surface area (Å²) in [5.74, 6) is -1.32. The van der Waals surface area contributed by atoms with Crippen molar-refractivity contribution in [2.24, 2.45) is 11.5 Å². The van der Waals surface area contributed by atoms with Crippen molar-refractivity contribution < 1.29 is 19.1 Å². The lowest BCUT2D eigenvalue weighted by Gasteiger charge is -2.15. The molecule has 2 rings (SSSR count). The molecule has 1 unspecified atom stereocenters. The zero-order valence-electron chi connectivity index (χ0n) is 11.2. The molecule has 1 aliphatic rings. The smallest absolute Gasteiger partial charge is 0.243 e. The minimum atomic E-state index is -0.570. The number of nitrogens with one attached hydrogen (secondary N) is 2. The molecule has 6 N–H and O–H groups in total. The van der Waals surface area contributed by atoms with Gasteiger partial charge in [-0.05, 0) is 17.7 Å². The third kappa shape index (κ3) is 4.01. The molecule has 0 bridgehead atoms. The van der Waals surface area contributed by atoms with E-state index in [0.29, 0.717) is 16.9 Å². The number of rotatable bonds is 5. The fourth-order valence-electron chi connectivity index (χ4n) is 1.92. The Morgan fingerprint density at radius 3 is 2.57 bits per heavy atom. The van der Waals surface area contributed by atoms with Gasteiger partial charge in [0.2, 0.25) is 17.7 Å². The fraction of sp³-hybridized carbons (Fsp3) is 0.308. The van der Waals surface area contributed by atoms with Gasteiger partial charge in [-0.3, -0.25) is 14.4 Å². The summed E-state index contributed by atoms with van der Waals surface area (Å²) in [6, 6.07) is 4.55. The summed E-state index contributed by atoms with van der Waals surface area (Å²) in [6.45, 7) is -0.0898. The van der Waals surface area contributed by atoms with Crippen molar-refractivity contribution in [2.75, 3.05) is 23.8 Å². The maximum atomic E-state index is 11.5. The van der Waals surface area contributed by atoms with E-state index in [1.165, 1.54) is 0 Å². The summed E-state index contributed by atoms with van der Waals surface area (Å²) in [7, 11) is 0. The Labute approximate surface area is 120 Å². The van der Waals surface area contributed by atoms with E-state index in [0.717, 1.165) is 0 Å². The summed E-state index contributed by atoms with van der Waals surface area (Å²) < 4.78 is 5.06. The number of hydrogen-bond acceptors (Lipinski definition) is 5. The molecule has 8 nitrogen and oxygen atoms in total. The lowest BCUT2D eigenvalue weighted by molar-refractivity contribution is -0.124. The van der Waals surface area contributed by atoms with Gasteiger partial charge in [-0.2, -0.15) is 0 Å². The average Bonchev–Trinajstić information content (AvgIpc) is 2.53. The van der Waals surface area contributed by atoms with Crippen molar-refractivity contribution in [3.05, 3.63) is 23.8 Å². The first kappa shape index (κ1) is 14.9. The van der Waals surface area contributed by atoms with Gasteiger partial charge in [0.05, 0.1) is 24.0 Å². The number of primary amides is 1. The molecule has 0 saturated carbocycles. The Balaban J connectivity index is 2.11. The molecule has 1 aromatic carbocycles. The number of anilines is 2. The summed E-state index contributed by atoms with van der Waals surface area (Å²) in [5, 5.41) is 5.25. The van der Waals surface area contributed by atoms with E-state index in [2.05, 4.69) is 10.6 Å². The topological polar surface area (TPSA) is 137 Å². The number of fused-ring (bicyclic) bond motifs is 1. The Kier molecular flexibility index (Phi) is 4.51. The Hall–Kier alpha value is -2.45. The predicted molar refractivity (Wildman–Crippen MR) is 75.3 cm³/mol. The first-order valence-electron chi connectivity index (χ1n) is 6.31. The first-order chi connectivity index (χ1) is 9.95.